The fourth-order valence-corrected chi connectivity index (χ4v) is 10.9. The third kappa shape index (κ3) is 4.59. The summed E-state index contributed by atoms with van der Waals surface area (Å²) in [5, 5.41) is 11.8. The van der Waals surface area contributed by atoms with Gasteiger partial charge in [-0.15, -0.1) is 0 Å². The first-order valence-electron chi connectivity index (χ1n) is 16.6. The topological polar surface area (TPSA) is 53.0 Å². The van der Waals surface area contributed by atoms with Crippen molar-refractivity contribution in [1.29, 1.82) is 0 Å². The summed E-state index contributed by atoms with van der Waals surface area (Å²) in [6.07, 6.45) is 16.3. The molecule has 2 aliphatic heterocycles. The Morgan fingerprint density at radius 1 is 0.816 bits per heavy atom. The second kappa shape index (κ2) is 10.6. The predicted molar refractivity (Wildman–Crippen MR) is 152 cm³/mol. The molecule has 2 heterocycles. The van der Waals surface area contributed by atoms with Crippen LogP contribution >= 0.6 is 0 Å². The summed E-state index contributed by atoms with van der Waals surface area (Å²) in [6, 6.07) is 0.753. The predicted octanol–water partition coefficient (Wildman–Crippen LogP) is 5.89. The molecule has 38 heavy (non-hydrogen) atoms. The first kappa shape index (κ1) is 27.5. The first-order valence-corrected chi connectivity index (χ1v) is 16.6. The van der Waals surface area contributed by atoms with Gasteiger partial charge in [-0.1, -0.05) is 40.5 Å². The van der Waals surface area contributed by atoms with Crippen molar-refractivity contribution >= 4 is 5.97 Å². The van der Waals surface area contributed by atoms with Crippen LogP contribution in [0.15, 0.2) is 0 Å². The standard InChI is InChI=1S/C33H56N2O3/c1-22(2)31(37)38-29-19-23-11-12-24-25(33(23,4)21-28(29)35-17-9-6-10-18-35)13-14-32(3)26(24)20-27(30(32)36)34-15-7-5-8-16-34/h22-30,36H,5-21H2,1-4H3/t23-,24+,25-,26-,27-,28-,29-,30-,32-,33-/m0/s1. The average Bonchev–Trinajstić information content (AvgIpc) is 3.20. The number of aliphatic hydroxyl groups is 1. The van der Waals surface area contributed by atoms with Crippen LogP contribution in [0.2, 0.25) is 0 Å². The number of hydrogen-bond donors (Lipinski definition) is 1. The van der Waals surface area contributed by atoms with Crippen LogP contribution in [0.1, 0.15) is 111 Å². The molecule has 5 heteroatoms. The summed E-state index contributed by atoms with van der Waals surface area (Å²) in [6.45, 7) is 13.8. The number of piperidine rings is 2. The molecule has 0 radical (unpaired) electrons. The highest BCUT2D eigenvalue weighted by molar-refractivity contribution is 5.71. The normalized spacial score (nSPS) is 48.3. The Bertz CT molecular complexity index is 851. The molecule has 0 aromatic heterocycles. The molecule has 1 N–H and O–H groups in total. The molecule has 6 aliphatic rings. The summed E-state index contributed by atoms with van der Waals surface area (Å²) >= 11 is 0. The zero-order valence-corrected chi connectivity index (χ0v) is 24.9. The van der Waals surface area contributed by atoms with Gasteiger partial charge in [-0.3, -0.25) is 14.6 Å². The molecule has 0 spiro atoms. The van der Waals surface area contributed by atoms with Crippen molar-refractivity contribution in [2.45, 2.75) is 135 Å². The molecule has 216 valence electrons. The Morgan fingerprint density at radius 3 is 2.08 bits per heavy atom. The van der Waals surface area contributed by atoms with Gasteiger partial charge in [0.25, 0.3) is 0 Å². The summed E-state index contributed by atoms with van der Waals surface area (Å²) in [5.41, 5.74) is 0.407. The van der Waals surface area contributed by atoms with Crippen molar-refractivity contribution < 1.29 is 14.6 Å². The zero-order chi connectivity index (χ0) is 26.7. The van der Waals surface area contributed by atoms with Crippen molar-refractivity contribution in [3.63, 3.8) is 0 Å². The number of aliphatic hydroxyl groups excluding tert-OH is 1. The van der Waals surface area contributed by atoms with Crippen LogP contribution in [0.25, 0.3) is 0 Å². The number of likely N-dealkylation sites (tertiary alicyclic amines) is 2. The van der Waals surface area contributed by atoms with Gasteiger partial charge in [-0.2, -0.15) is 0 Å². The van der Waals surface area contributed by atoms with E-state index in [2.05, 4.69) is 23.6 Å². The first-order chi connectivity index (χ1) is 18.2. The van der Waals surface area contributed by atoms with E-state index in [4.69, 9.17) is 4.74 Å². The number of hydrogen-bond acceptors (Lipinski definition) is 5. The number of esters is 1. The highest BCUT2D eigenvalue weighted by Crippen LogP contribution is 2.67. The lowest BCUT2D eigenvalue weighted by Gasteiger charge is -2.62. The van der Waals surface area contributed by atoms with E-state index in [0.717, 1.165) is 18.3 Å². The van der Waals surface area contributed by atoms with E-state index in [-0.39, 0.29) is 29.5 Å². The molecule has 4 saturated carbocycles. The van der Waals surface area contributed by atoms with E-state index in [9.17, 15) is 9.90 Å². The van der Waals surface area contributed by atoms with E-state index in [1.165, 1.54) is 103 Å². The van der Waals surface area contributed by atoms with Gasteiger partial charge in [0.05, 0.1) is 12.0 Å². The number of ether oxygens (including phenoxy) is 1. The van der Waals surface area contributed by atoms with Gasteiger partial charge in [0.15, 0.2) is 0 Å². The van der Waals surface area contributed by atoms with Crippen molar-refractivity contribution in [3.8, 4) is 0 Å². The monoisotopic (exact) mass is 528 g/mol. The Labute approximate surface area is 232 Å². The molecule has 0 aromatic rings. The molecule has 0 aromatic carbocycles. The molecule has 2 saturated heterocycles. The molecule has 6 rings (SSSR count). The largest absolute Gasteiger partial charge is 0.460 e. The summed E-state index contributed by atoms with van der Waals surface area (Å²) in [5.74, 6) is 2.75. The Balaban J connectivity index is 1.24. The maximum absolute atomic E-state index is 12.8. The van der Waals surface area contributed by atoms with Gasteiger partial charge in [0, 0.05) is 12.1 Å². The number of carbonyl (C=O) groups excluding carboxylic acids is 1. The lowest BCUT2D eigenvalue weighted by Crippen LogP contribution is -2.61. The second-order valence-corrected chi connectivity index (χ2v) is 15.3. The molecule has 6 fully saturated rings. The van der Waals surface area contributed by atoms with E-state index in [1.807, 2.05) is 13.8 Å². The lowest BCUT2D eigenvalue weighted by atomic mass is 9.44. The quantitative estimate of drug-likeness (QED) is 0.462. The third-order valence-corrected chi connectivity index (χ3v) is 13.1. The van der Waals surface area contributed by atoms with Crippen molar-refractivity contribution in [3.05, 3.63) is 0 Å². The smallest absolute Gasteiger partial charge is 0.308 e. The highest BCUT2D eigenvalue weighted by Gasteiger charge is 2.64. The van der Waals surface area contributed by atoms with Crippen LogP contribution < -0.4 is 0 Å². The van der Waals surface area contributed by atoms with Gasteiger partial charge in [-0.05, 0) is 131 Å². The molecule has 10 atom stereocenters. The third-order valence-electron chi connectivity index (χ3n) is 13.1. The summed E-state index contributed by atoms with van der Waals surface area (Å²) in [7, 11) is 0. The van der Waals surface area contributed by atoms with Gasteiger partial charge >= 0.3 is 5.97 Å². The van der Waals surface area contributed by atoms with Crippen LogP contribution in [0.4, 0.5) is 0 Å². The van der Waals surface area contributed by atoms with E-state index in [0.29, 0.717) is 29.3 Å². The Morgan fingerprint density at radius 2 is 1.45 bits per heavy atom. The van der Waals surface area contributed by atoms with E-state index in [1.54, 1.807) is 0 Å². The molecule has 0 amide bonds. The molecular weight excluding hydrogens is 472 g/mol. The number of nitrogens with zero attached hydrogens (tertiary/aromatic N) is 2. The van der Waals surface area contributed by atoms with Crippen LogP contribution in [-0.2, 0) is 9.53 Å². The molecular formula is C33H56N2O3. The fraction of sp³-hybridized carbons (Fsp3) is 0.970. The van der Waals surface area contributed by atoms with Gasteiger partial charge < -0.3 is 9.84 Å². The summed E-state index contributed by atoms with van der Waals surface area (Å²) < 4.78 is 6.31. The fourth-order valence-electron chi connectivity index (χ4n) is 10.9. The van der Waals surface area contributed by atoms with E-state index < -0.39 is 0 Å². The minimum atomic E-state index is -0.163. The highest BCUT2D eigenvalue weighted by atomic mass is 16.5. The van der Waals surface area contributed by atoms with Crippen LogP contribution in [0, 0.1) is 40.4 Å². The van der Waals surface area contributed by atoms with Crippen LogP contribution in [0.5, 0.6) is 0 Å². The Hall–Kier alpha value is -0.650. The zero-order valence-electron chi connectivity index (χ0n) is 24.9. The minimum Gasteiger partial charge on any atom is -0.460 e. The number of carbonyl (C=O) groups is 1. The molecule has 4 aliphatic carbocycles. The SMILES string of the molecule is CC(C)C(=O)O[C@H]1C[C@@H]2CC[C@@H]3[C@H](CC[C@]4(C)[C@@H](O)[C@@H](N5CCCCC5)C[C@@H]34)[C@@]2(C)C[C@@H]1N1CCCCC1. The molecule has 5 nitrogen and oxygen atoms in total. The lowest BCUT2D eigenvalue weighted by molar-refractivity contribution is -0.180. The Kier molecular flexibility index (Phi) is 7.70. The maximum atomic E-state index is 12.8. The van der Waals surface area contributed by atoms with Crippen molar-refractivity contribution in [1.82, 2.24) is 9.80 Å². The van der Waals surface area contributed by atoms with Crippen molar-refractivity contribution in [2.75, 3.05) is 26.2 Å². The summed E-state index contributed by atoms with van der Waals surface area (Å²) in [4.78, 5) is 18.2. The van der Waals surface area contributed by atoms with Crippen molar-refractivity contribution in [2.24, 2.45) is 40.4 Å². The second-order valence-electron chi connectivity index (χ2n) is 15.3. The molecule has 0 unspecified atom stereocenters. The van der Waals surface area contributed by atoms with Gasteiger partial charge in [-0.25, -0.2) is 0 Å². The minimum absolute atomic E-state index is 0.00794. The molecule has 0 bridgehead atoms. The number of fused-ring (bicyclic) bond motifs is 5. The van der Waals surface area contributed by atoms with Crippen LogP contribution in [-0.4, -0.2) is 71.3 Å². The van der Waals surface area contributed by atoms with Gasteiger partial charge in [0.1, 0.15) is 6.10 Å². The number of rotatable bonds is 4. The van der Waals surface area contributed by atoms with Gasteiger partial charge in [0.2, 0.25) is 0 Å². The average molecular weight is 529 g/mol. The maximum Gasteiger partial charge on any atom is 0.308 e. The van der Waals surface area contributed by atoms with Crippen LogP contribution in [0.3, 0.4) is 0 Å². The van der Waals surface area contributed by atoms with E-state index >= 15 is 0 Å².